The van der Waals surface area contributed by atoms with E-state index in [4.69, 9.17) is 0 Å². The first-order valence-electron chi connectivity index (χ1n) is 11.2. The maximum absolute atomic E-state index is 12.6. The van der Waals surface area contributed by atoms with E-state index in [1.165, 1.54) is 29.7 Å². The predicted molar refractivity (Wildman–Crippen MR) is 123 cm³/mol. The lowest BCUT2D eigenvalue weighted by molar-refractivity contribution is 0.0940. The van der Waals surface area contributed by atoms with E-state index in [2.05, 4.69) is 63.0 Å². The summed E-state index contributed by atoms with van der Waals surface area (Å²) in [5.74, 6) is 0.566. The molecule has 2 aliphatic rings. The average Bonchev–Trinajstić information content (AvgIpc) is 3.48. The molecule has 3 heterocycles. The third kappa shape index (κ3) is 4.08. The van der Waals surface area contributed by atoms with Crippen molar-refractivity contribution in [2.45, 2.75) is 25.7 Å². The summed E-state index contributed by atoms with van der Waals surface area (Å²) in [6.45, 7) is 5.18. The Hall–Kier alpha value is -2.79. The average molecular weight is 403 g/mol. The molecule has 2 fully saturated rings. The molecule has 0 atom stereocenters. The van der Waals surface area contributed by atoms with Crippen molar-refractivity contribution in [1.29, 1.82) is 0 Å². The van der Waals surface area contributed by atoms with E-state index in [-0.39, 0.29) is 5.91 Å². The Labute approximate surface area is 177 Å². The number of aromatic amines is 1. The minimum Gasteiger partial charge on any atom is -0.372 e. The number of nitrogens with zero attached hydrogens (tertiary/aromatic N) is 1. The van der Waals surface area contributed by atoms with Gasteiger partial charge in [0.2, 0.25) is 0 Å². The highest BCUT2D eigenvalue weighted by Crippen LogP contribution is 2.28. The molecule has 3 N–H and O–H groups in total. The van der Waals surface area contributed by atoms with E-state index >= 15 is 0 Å². The lowest BCUT2D eigenvalue weighted by Crippen LogP contribution is -2.36. The van der Waals surface area contributed by atoms with Gasteiger partial charge in [-0.3, -0.25) is 4.79 Å². The van der Waals surface area contributed by atoms with Gasteiger partial charge in [0.05, 0.1) is 0 Å². The van der Waals surface area contributed by atoms with Gasteiger partial charge in [0, 0.05) is 36.2 Å². The Morgan fingerprint density at radius 1 is 0.967 bits per heavy atom. The fraction of sp³-hybridized carbons (Fsp3) is 0.400. The van der Waals surface area contributed by atoms with Gasteiger partial charge in [0.1, 0.15) is 5.69 Å². The summed E-state index contributed by atoms with van der Waals surface area (Å²) in [5.41, 5.74) is 5.32. The molecule has 0 aliphatic carbocycles. The Morgan fingerprint density at radius 3 is 2.47 bits per heavy atom. The van der Waals surface area contributed by atoms with Crippen LogP contribution in [0.5, 0.6) is 0 Å². The molecule has 0 bridgehead atoms. The minimum atomic E-state index is -0.0127. The summed E-state index contributed by atoms with van der Waals surface area (Å²) in [5, 5.41) is 7.54. The molecule has 156 valence electrons. The molecule has 1 aromatic heterocycles. The zero-order valence-electron chi connectivity index (χ0n) is 17.4. The molecule has 5 rings (SSSR count). The van der Waals surface area contributed by atoms with Gasteiger partial charge in [-0.2, -0.15) is 0 Å². The van der Waals surface area contributed by atoms with Crippen LogP contribution in [-0.4, -0.2) is 43.6 Å². The van der Waals surface area contributed by atoms with Crippen LogP contribution >= 0.6 is 0 Å². The number of rotatable bonds is 5. The van der Waals surface area contributed by atoms with Crippen LogP contribution in [-0.2, 0) is 0 Å². The molecule has 30 heavy (non-hydrogen) atoms. The third-order valence-corrected chi connectivity index (χ3v) is 6.55. The summed E-state index contributed by atoms with van der Waals surface area (Å²) in [6.07, 6.45) is 4.85. The number of carbonyl (C=O) groups is 1. The van der Waals surface area contributed by atoms with Crippen LogP contribution in [0.2, 0.25) is 0 Å². The van der Waals surface area contributed by atoms with Crippen molar-refractivity contribution < 1.29 is 4.79 Å². The van der Waals surface area contributed by atoms with E-state index in [1.807, 2.05) is 6.07 Å². The molecule has 0 unspecified atom stereocenters. The van der Waals surface area contributed by atoms with Gasteiger partial charge in [0.25, 0.3) is 5.91 Å². The molecule has 0 spiro atoms. The number of hydrogen-bond donors (Lipinski definition) is 3. The van der Waals surface area contributed by atoms with E-state index in [0.717, 1.165) is 56.5 Å². The summed E-state index contributed by atoms with van der Waals surface area (Å²) >= 11 is 0. The smallest absolute Gasteiger partial charge is 0.267 e. The zero-order valence-corrected chi connectivity index (χ0v) is 17.4. The van der Waals surface area contributed by atoms with Crippen molar-refractivity contribution in [3.8, 4) is 11.1 Å². The first kappa shape index (κ1) is 19.2. The zero-order chi connectivity index (χ0) is 20.3. The maximum atomic E-state index is 12.6. The standard InChI is InChI=1S/C25H30N4O/c30-25(27-17-18-9-11-26-12-10-18)24-16-21-4-3-20(15-23(21)28-24)19-5-7-22(8-6-19)29-13-1-2-14-29/h3-8,15-16,18,26,28H,1-2,9-14,17H2,(H,27,30). The van der Waals surface area contributed by atoms with Crippen LogP contribution in [0.15, 0.2) is 48.5 Å². The van der Waals surface area contributed by atoms with Gasteiger partial charge >= 0.3 is 0 Å². The molecule has 1 amide bonds. The second kappa shape index (κ2) is 8.52. The van der Waals surface area contributed by atoms with Gasteiger partial charge in [-0.1, -0.05) is 24.3 Å². The summed E-state index contributed by atoms with van der Waals surface area (Å²) < 4.78 is 0. The van der Waals surface area contributed by atoms with Crippen LogP contribution < -0.4 is 15.5 Å². The Balaban J connectivity index is 1.29. The second-order valence-corrected chi connectivity index (χ2v) is 8.63. The highest BCUT2D eigenvalue weighted by Gasteiger charge is 2.16. The number of nitrogens with one attached hydrogen (secondary N) is 3. The maximum Gasteiger partial charge on any atom is 0.267 e. The van der Waals surface area contributed by atoms with Gasteiger partial charge in [-0.25, -0.2) is 0 Å². The van der Waals surface area contributed by atoms with Crippen LogP contribution in [0.4, 0.5) is 5.69 Å². The largest absolute Gasteiger partial charge is 0.372 e. The number of aromatic nitrogens is 1. The monoisotopic (exact) mass is 402 g/mol. The van der Waals surface area contributed by atoms with Crippen LogP contribution in [0.25, 0.3) is 22.0 Å². The van der Waals surface area contributed by atoms with Crippen molar-refractivity contribution in [1.82, 2.24) is 15.6 Å². The Morgan fingerprint density at radius 2 is 1.70 bits per heavy atom. The first-order chi connectivity index (χ1) is 14.8. The van der Waals surface area contributed by atoms with Crippen molar-refractivity contribution >= 4 is 22.5 Å². The molecular weight excluding hydrogens is 372 g/mol. The van der Waals surface area contributed by atoms with E-state index < -0.39 is 0 Å². The van der Waals surface area contributed by atoms with Gasteiger partial charge in [-0.15, -0.1) is 0 Å². The highest BCUT2D eigenvalue weighted by molar-refractivity contribution is 5.98. The number of carbonyl (C=O) groups excluding carboxylic acids is 1. The van der Waals surface area contributed by atoms with Gasteiger partial charge in [-0.05, 0) is 80.1 Å². The number of fused-ring (bicyclic) bond motifs is 1. The topological polar surface area (TPSA) is 60.2 Å². The Kier molecular flexibility index (Phi) is 5.45. The predicted octanol–water partition coefficient (Wildman–Crippen LogP) is 4.16. The van der Waals surface area contributed by atoms with Crippen LogP contribution in [0, 0.1) is 5.92 Å². The summed E-state index contributed by atoms with van der Waals surface area (Å²) in [7, 11) is 0. The molecule has 2 aliphatic heterocycles. The van der Waals surface area contributed by atoms with Crippen molar-refractivity contribution in [2.24, 2.45) is 5.92 Å². The molecule has 5 nitrogen and oxygen atoms in total. The van der Waals surface area contributed by atoms with Gasteiger partial charge in [0.15, 0.2) is 0 Å². The van der Waals surface area contributed by atoms with E-state index in [0.29, 0.717) is 11.6 Å². The molecule has 5 heteroatoms. The molecule has 3 aromatic rings. The van der Waals surface area contributed by atoms with Crippen molar-refractivity contribution in [3.63, 3.8) is 0 Å². The highest BCUT2D eigenvalue weighted by atomic mass is 16.1. The number of anilines is 1. The SMILES string of the molecule is O=C(NCC1CCNCC1)c1cc2ccc(-c3ccc(N4CCCC4)cc3)cc2[nH]1. The lowest BCUT2D eigenvalue weighted by Gasteiger charge is -2.22. The molecule has 2 saturated heterocycles. The lowest BCUT2D eigenvalue weighted by atomic mass is 9.98. The number of amides is 1. The van der Waals surface area contributed by atoms with E-state index in [9.17, 15) is 4.79 Å². The third-order valence-electron chi connectivity index (χ3n) is 6.55. The van der Waals surface area contributed by atoms with Crippen molar-refractivity contribution in [2.75, 3.05) is 37.6 Å². The normalized spacial score (nSPS) is 17.5. The summed E-state index contributed by atoms with van der Waals surface area (Å²) in [6, 6.07) is 17.2. The molecule has 0 saturated carbocycles. The Bertz CT molecular complexity index is 1010. The molecule has 0 radical (unpaired) electrons. The van der Waals surface area contributed by atoms with Crippen LogP contribution in [0.1, 0.15) is 36.2 Å². The van der Waals surface area contributed by atoms with Crippen molar-refractivity contribution in [3.05, 3.63) is 54.2 Å². The number of benzene rings is 2. The van der Waals surface area contributed by atoms with Gasteiger partial charge < -0.3 is 20.5 Å². The second-order valence-electron chi connectivity index (χ2n) is 8.63. The number of H-pyrrole nitrogens is 1. The van der Waals surface area contributed by atoms with Crippen LogP contribution in [0.3, 0.4) is 0 Å². The first-order valence-corrected chi connectivity index (χ1v) is 11.2. The quantitative estimate of drug-likeness (QED) is 0.600. The molecule has 2 aromatic carbocycles. The number of hydrogen-bond acceptors (Lipinski definition) is 3. The van der Waals surface area contributed by atoms with E-state index in [1.54, 1.807) is 0 Å². The molecular formula is C25H30N4O. The fourth-order valence-corrected chi connectivity index (χ4v) is 4.69. The minimum absolute atomic E-state index is 0.0127. The fourth-order valence-electron chi connectivity index (χ4n) is 4.69. The number of piperidine rings is 1. The summed E-state index contributed by atoms with van der Waals surface area (Å²) in [4.78, 5) is 18.4.